The van der Waals surface area contributed by atoms with E-state index in [2.05, 4.69) is 15.5 Å². The number of hydrogen-bond donors (Lipinski definition) is 2. The summed E-state index contributed by atoms with van der Waals surface area (Å²) >= 11 is 0. The van der Waals surface area contributed by atoms with Crippen molar-refractivity contribution in [1.29, 1.82) is 0 Å². The molecule has 1 saturated carbocycles. The van der Waals surface area contributed by atoms with Crippen LogP contribution in [-0.2, 0) is 14.3 Å². The summed E-state index contributed by atoms with van der Waals surface area (Å²) in [4.78, 5) is 27.3. The smallest absolute Gasteiger partial charge is 0.244 e. The molecule has 1 aliphatic carbocycles. The fraction of sp³-hybridized carbons (Fsp3) is 0.565. The Kier molecular flexibility index (Phi) is 7.83. The second kappa shape index (κ2) is 10.6. The minimum absolute atomic E-state index is 0.0225. The van der Waals surface area contributed by atoms with Crippen LogP contribution in [0.3, 0.4) is 0 Å². The maximum Gasteiger partial charge on any atom is 0.244 e. The van der Waals surface area contributed by atoms with Crippen molar-refractivity contribution in [2.45, 2.75) is 50.6 Å². The average molecular weight is 400 g/mol. The molecule has 0 radical (unpaired) electrons. The van der Waals surface area contributed by atoms with E-state index >= 15 is 0 Å². The first kappa shape index (κ1) is 21.5. The van der Waals surface area contributed by atoms with E-state index in [1.807, 2.05) is 30.3 Å². The third-order valence-corrected chi connectivity index (χ3v) is 6.04. The van der Waals surface area contributed by atoms with Crippen LogP contribution < -0.4 is 10.6 Å². The summed E-state index contributed by atoms with van der Waals surface area (Å²) in [5.41, 5.74) is 0.971. The Morgan fingerprint density at radius 1 is 1.14 bits per heavy atom. The van der Waals surface area contributed by atoms with Gasteiger partial charge in [-0.05, 0) is 31.4 Å². The van der Waals surface area contributed by atoms with Crippen molar-refractivity contribution in [1.82, 2.24) is 15.5 Å². The van der Waals surface area contributed by atoms with Crippen molar-refractivity contribution < 1.29 is 14.3 Å². The highest BCUT2D eigenvalue weighted by atomic mass is 16.5. The van der Waals surface area contributed by atoms with Crippen molar-refractivity contribution in [3.05, 3.63) is 42.0 Å². The van der Waals surface area contributed by atoms with Gasteiger partial charge in [0.25, 0.3) is 0 Å². The fourth-order valence-corrected chi connectivity index (χ4v) is 4.32. The van der Waals surface area contributed by atoms with Crippen molar-refractivity contribution >= 4 is 17.9 Å². The van der Waals surface area contributed by atoms with Gasteiger partial charge in [0.15, 0.2) is 0 Å². The number of nitrogens with zero attached hydrogens (tertiary/aromatic N) is 1. The number of benzene rings is 1. The number of hydrogen-bond acceptors (Lipinski definition) is 4. The van der Waals surface area contributed by atoms with Gasteiger partial charge >= 0.3 is 0 Å². The maximum atomic E-state index is 12.6. The summed E-state index contributed by atoms with van der Waals surface area (Å²) in [5.74, 6) is -0.401. The number of ether oxygens (including phenoxy) is 1. The lowest BCUT2D eigenvalue weighted by atomic mass is 9.79. The monoisotopic (exact) mass is 399 g/mol. The summed E-state index contributed by atoms with van der Waals surface area (Å²) in [6.07, 6.45) is 9.08. The van der Waals surface area contributed by atoms with Crippen LogP contribution in [0.2, 0.25) is 0 Å². The number of rotatable bonds is 7. The molecule has 0 aromatic heterocycles. The van der Waals surface area contributed by atoms with Gasteiger partial charge in [0, 0.05) is 31.2 Å². The molecule has 6 nitrogen and oxygen atoms in total. The molecule has 29 heavy (non-hydrogen) atoms. The summed E-state index contributed by atoms with van der Waals surface area (Å²) in [5, 5.41) is 5.87. The van der Waals surface area contributed by atoms with Gasteiger partial charge in [0.2, 0.25) is 11.8 Å². The molecular formula is C23H33N3O3. The molecule has 2 fully saturated rings. The van der Waals surface area contributed by atoms with Crippen LogP contribution in [0.4, 0.5) is 0 Å². The predicted molar refractivity (Wildman–Crippen MR) is 114 cm³/mol. The fourth-order valence-electron chi connectivity index (χ4n) is 4.32. The number of nitrogens with one attached hydrogen (secondary N) is 2. The van der Waals surface area contributed by atoms with Crippen LogP contribution >= 0.6 is 0 Å². The van der Waals surface area contributed by atoms with Gasteiger partial charge in [-0.1, -0.05) is 49.6 Å². The third-order valence-electron chi connectivity index (χ3n) is 6.04. The lowest BCUT2D eigenvalue weighted by molar-refractivity contribution is -0.127. The van der Waals surface area contributed by atoms with Crippen LogP contribution in [0.25, 0.3) is 6.08 Å². The maximum absolute atomic E-state index is 12.6. The van der Waals surface area contributed by atoms with Gasteiger partial charge in [-0.2, -0.15) is 0 Å². The van der Waals surface area contributed by atoms with Gasteiger partial charge < -0.3 is 15.4 Å². The molecular weight excluding hydrogens is 366 g/mol. The van der Waals surface area contributed by atoms with Crippen molar-refractivity contribution in [2.75, 3.05) is 32.8 Å². The zero-order chi connectivity index (χ0) is 20.5. The molecule has 1 aliphatic heterocycles. The van der Waals surface area contributed by atoms with Gasteiger partial charge in [0.05, 0.1) is 13.2 Å². The third kappa shape index (κ3) is 6.15. The van der Waals surface area contributed by atoms with Gasteiger partial charge in [-0.3, -0.25) is 14.5 Å². The van der Waals surface area contributed by atoms with Crippen LogP contribution in [-0.4, -0.2) is 61.1 Å². The lowest BCUT2D eigenvalue weighted by Gasteiger charge is -2.48. The Balaban J connectivity index is 1.51. The largest absolute Gasteiger partial charge is 0.379 e. The number of amides is 2. The Hall–Kier alpha value is -2.18. The van der Waals surface area contributed by atoms with Crippen LogP contribution in [0, 0.1) is 0 Å². The molecule has 2 aliphatic rings. The second-order valence-corrected chi connectivity index (χ2v) is 8.08. The normalized spacial score (nSPS) is 20.9. The predicted octanol–water partition coefficient (Wildman–Crippen LogP) is 2.36. The van der Waals surface area contributed by atoms with E-state index in [1.165, 1.54) is 25.3 Å². The summed E-state index contributed by atoms with van der Waals surface area (Å²) in [7, 11) is 0. The standard InChI is InChI=1S/C23H33N3O3/c1-19(25-21(27)11-10-20-8-4-2-5-9-20)22(28)24-18-23(12-6-3-7-13-23)26-14-16-29-17-15-26/h2,4-5,8-11,19H,3,6-7,12-18H2,1H3,(H,24,28)(H,25,27)/b11-10+. The Labute approximate surface area is 173 Å². The highest BCUT2D eigenvalue weighted by molar-refractivity contribution is 5.95. The Bertz CT molecular complexity index is 693. The minimum atomic E-state index is -0.576. The molecule has 6 heteroatoms. The first-order chi connectivity index (χ1) is 14.1. The molecule has 1 atom stereocenters. The van der Waals surface area contributed by atoms with Crippen LogP contribution in [0.5, 0.6) is 0 Å². The van der Waals surface area contributed by atoms with Crippen molar-refractivity contribution in [3.8, 4) is 0 Å². The van der Waals surface area contributed by atoms with Crippen molar-refractivity contribution in [2.24, 2.45) is 0 Å². The zero-order valence-electron chi connectivity index (χ0n) is 17.4. The molecule has 0 bridgehead atoms. The zero-order valence-corrected chi connectivity index (χ0v) is 17.4. The second-order valence-electron chi connectivity index (χ2n) is 8.08. The molecule has 1 unspecified atom stereocenters. The minimum Gasteiger partial charge on any atom is -0.379 e. The van der Waals surface area contributed by atoms with E-state index in [-0.39, 0.29) is 17.4 Å². The van der Waals surface area contributed by atoms with E-state index in [0.29, 0.717) is 6.54 Å². The highest BCUT2D eigenvalue weighted by Gasteiger charge is 2.39. The molecule has 1 aromatic rings. The van der Waals surface area contributed by atoms with Gasteiger partial charge in [0.1, 0.15) is 6.04 Å². The first-order valence-electron chi connectivity index (χ1n) is 10.7. The molecule has 1 heterocycles. The van der Waals surface area contributed by atoms with Gasteiger partial charge in [-0.25, -0.2) is 0 Å². The SMILES string of the molecule is CC(NC(=O)/C=C/c1ccccc1)C(=O)NCC1(N2CCOCC2)CCCCC1. The van der Waals surface area contributed by atoms with E-state index in [0.717, 1.165) is 44.7 Å². The molecule has 0 spiro atoms. The molecule has 2 N–H and O–H groups in total. The number of carbonyl (C=O) groups excluding carboxylic acids is 2. The summed E-state index contributed by atoms with van der Waals surface area (Å²) in [6, 6.07) is 9.05. The van der Waals surface area contributed by atoms with E-state index < -0.39 is 6.04 Å². The Morgan fingerprint density at radius 3 is 2.52 bits per heavy atom. The number of carbonyl (C=O) groups is 2. The van der Waals surface area contributed by atoms with E-state index in [4.69, 9.17) is 4.74 Å². The number of morpholine rings is 1. The molecule has 1 saturated heterocycles. The first-order valence-corrected chi connectivity index (χ1v) is 10.7. The van der Waals surface area contributed by atoms with Gasteiger partial charge in [-0.15, -0.1) is 0 Å². The molecule has 2 amide bonds. The summed E-state index contributed by atoms with van der Waals surface area (Å²) in [6.45, 7) is 5.72. The quantitative estimate of drug-likeness (QED) is 0.691. The lowest BCUT2D eigenvalue weighted by Crippen LogP contribution is -2.60. The van der Waals surface area contributed by atoms with E-state index in [9.17, 15) is 9.59 Å². The highest BCUT2D eigenvalue weighted by Crippen LogP contribution is 2.33. The van der Waals surface area contributed by atoms with Crippen LogP contribution in [0.15, 0.2) is 36.4 Å². The molecule has 158 valence electrons. The Morgan fingerprint density at radius 2 is 1.83 bits per heavy atom. The topological polar surface area (TPSA) is 70.7 Å². The molecule has 1 aromatic carbocycles. The molecule has 3 rings (SSSR count). The summed E-state index contributed by atoms with van der Waals surface area (Å²) < 4.78 is 5.52. The van der Waals surface area contributed by atoms with Crippen LogP contribution in [0.1, 0.15) is 44.6 Å². The van der Waals surface area contributed by atoms with Crippen molar-refractivity contribution in [3.63, 3.8) is 0 Å². The van der Waals surface area contributed by atoms with E-state index in [1.54, 1.807) is 13.0 Å². The average Bonchev–Trinajstić information content (AvgIpc) is 2.78.